The maximum atomic E-state index is 11.6. The fourth-order valence-corrected chi connectivity index (χ4v) is 2.09. The van der Waals surface area contributed by atoms with Gasteiger partial charge in [0.05, 0.1) is 5.88 Å². The number of esters is 1. The third-order valence-corrected chi connectivity index (χ3v) is 3.28. The summed E-state index contributed by atoms with van der Waals surface area (Å²) in [6.07, 6.45) is 3.43. The minimum atomic E-state index is -0.296. The summed E-state index contributed by atoms with van der Waals surface area (Å²) >= 11 is 5.64. The molecule has 0 amide bonds. The summed E-state index contributed by atoms with van der Waals surface area (Å²) in [5, 5.41) is 0. The zero-order chi connectivity index (χ0) is 12.3. The van der Waals surface area contributed by atoms with Crippen molar-refractivity contribution in [3.05, 3.63) is 47.0 Å². The first-order valence-electron chi connectivity index (χ1n) is 5.79. The molecule has 2 rings (SSSR count). The van der Waals surface area contributed by atoms with Crippen LogP contribution in [0.15, 0.2) is 35.9 Å². The summed E-state index contributed by atoms with van der Waals surface area (Å²) in [6, 6.07) is 8.19. The Morgan fingerprint density at radius 1 is 1.35 bits per heavy atom. The Bertz CT molecular complexity index is 434. The van der Waals surface area contributed by atoms with Gasteiger partial charge in [-0.15, -0.1) is 11.6 Å². The Kier molecular flexibility index (Phi) is 3.85. The number of carbonyl (C=O) groups excluding carboxylic acids is 1. The first-order valence-corrected chi connectivity index (χ1v) is 6.33. The van der Waals surface area contributed by atoms with Crippen LogP contribution in [-0.2, 0) is 16.0 Å². The first-order chi connectivity index (χ1) is 8.24. The number of aryl methyl sites for hydroxylation is 1. The Morgan fingerprint density at radius 3 is 2.59 bits per heavy atom. The van der Waals surface area contributed by atoms with Gasteiger partial charge in [-0.2, -0.15) is 0 Å². The van der Waals surface area contributed by atoms with Gasteiger partial charge in [0.2, 0.25) is 0 Å². The topological polar surface area (TPSA) is 26.3 Å². The number of cyclic esters (lactones) is 1. The summed E-state index contributed by atoms with van der Waals surface area (Å²) in [5.41, 5.74) is 2.89. The summed E-state index contributed by atoms with van der Waals surface area (Å²) in [7, 11) is 0. The molecule has 0 fully saturated rings. The van der Waals surface area contributed by atoms with Crippen LogP contribution in [0.5, 0.6) is 0 Å². The smallest absolute Gasteiger partial charge is 0.335 e. The van der Waals surface area contributed by atoms with Crippen molar-refractivity contribution in [3.8, 4) is 0 Å². The van der Waals surface area contributed by atoms with E-state index in [1.54, 1.807) is 0 Å². The molecule has 17 heavy (non-hydrogen) atoms. The highest BCUT2D eigenvalue weighted by molar-refractivity contribution is 6.22. The van der Waals surface area contributed by atoms with Gasteiger partial charge in [-0.05, 0) is 17.5 Å². The third kappa shape index (κ3) is 2.70. The van der Waals surface area contributed by atoms with Crippen LogP contribution in [0.1, 0.15) is 30.6 Å². The number of rotatable bonds is 3. The van der Waals surface area contributed by atoms with Gasteiger partial charge >= 0.3 is 5.97 Å². The quantitative estimate of drug-likeness (QED) is 0.607. The van der Waals surface area contributed by atoms with Crippen LogP contribution in [0.4, 0.5) is 0 Å². The summed E-state index contributed by atoms with van der Waals surface area (Å²) in [5.74, 6) is -0.0730. The number of benzene rings is 1. The number of ether oxygens (including phenoxy) is 1. The van der Waals surface area contributed by atoms with Crippen molar-refractivity contribution in [1.82, 2.24) is 0 Å². The molecule has 1 atom stereocenters. The van der Waals surface area contributed by atoms with Crippen LogP contribution in [0.25, 0.3) is 0 Å². The van der Waals surface area contributed by atoms with Crippen molar-refractivity contribution in [2.75, 3.05) is 5.88 Å². The summed E-state index contributed by atoms with van der Waals surface area (Å²) in [6.45, 7) is 2.12. The molecule has 1 aliphatic heterocycles. The molecule has 0 aliphatic carbocycles. The normalized spacial score (nSPS) is 19.8. The fraction of sp³-hybridized carbons (Fsp3) is 0.357. The molecule has 1 aromatic rings. The van der Waals surface area contributed by atoms with E-state index in [1.165, 1.54) is 5.56 Å². The second-order valence-electron chi connectivity index (χ2n) is 4.09. The monoisotopic (exact) mass is 250 g/mol. The van der Waals surface area contributed by atoms with Gasteiger partial charge in [-0.3, -0.25) is 0 Å². The largest absolute Gasteiger partial charge is 0.454 e. The lowest BCUT2D eigenvalue weighted by Gasteiger charge is -2.22. The maximum Gasteiger partial charge on any atom is 0.335 e. The van der Waals surface area contributed by atoms with E-state index in [-0.39, 0.29) is 18.0 Å². The van der Waals surface area contributed by atoms with E-state index in [9.17, 15) is 4.79 Å². The molecular weight excluding hydrogens is 236 g/mol. The van der Waals surface area contributed by atoms with Crippen molar-refractivity contribution in [2.24, 2.45) is 0 Å². The van der Waals surface area contributed by atoms with E-state index in [4.69, 9.17) is 16.3 Å². The van der Waals surface area contributed by atoms with Gasteiger partial charge in [0.1, 0.15) is 6.10 Å². The molecule has 1 aromatic carbocycles. The molecule has 0 bridgehead atoms. The molecule has 1 unspecified atom stereocenters. The van der Waals surface area contributed by atoms with Crippen LogP contribution >= 0.6 is 11.6 Å². The van der Waals surface area contributed by atoms with E-state index in [1.807, 2.05) is 18.2 Å². The van der Waals surface area contributed by atoms with Gasteiger partial charge in [0.15, 0.2) is 0 Å². The Hall–Kier alpha value is -1.28. The maximum absolute atomic E-state index is 11.6. The van der Waals surface area contributed by atoms with Gasteiger partial charge < -0.3 is 4.74 Å². The van der Waals surface area contributed by atoms with Crippen LogP contribution in [-0.4, -0.2) is 11.8 Å². The van der Waals surface area contributed by atoms with Gasteiger partial charge in [0, 0.05) is 12.0 Å². The van der Waals surface area contributed by atoms with Crippen molar-refractivity contribution < 1.29 is 9.53 Å². The Morgan fingerprint density at radius 2 is 2.06 bits per heavy atom. The summed E-state index contributed by atoms with van der Waals surface area (Å²) in [4.78, 5) is 11.6. The van der Waals surface area contributed by atoms with Crippen molar-refractivity contribution in [2.45, 2.75) is 25.9 Å². The van der Waals surface area contributed by atoms with Crippen LogP contribution < -0.4 is 0 Å². The van der Waals surface area contributed by atoms with Gasteiger partial charge in [-0.1, -0.05) is 37.3 Å². The molecule has 0 N–H and O–H groups in total. The molecule has 1 aliphatic rings. The SMILES string of the molecule is CCc1ccc(C2CC=C(CCl)C(=O)O2)cc1. The molecule has 0 saturated carbocycles. The van der Waals surface area contributed by atoms with E-state index in [2.05, 4.69) is 19.1 Å². The van der Waals surface area contributed by atoms with Crippen LogP contribution in [0, 0.1) is 0 Å². The first kappa shape index (κ1) is 12.2. The molecular formula is C14H15ClO2. The van der Waals surface area contributed by atoms with E-state index >= 15 is 0 Å². The Labute approximate surface area is 106 Å². The molecule has 0 aromatic heterocycles. The number of hydrogen-bond donors (Lipinski definition) is 0. The Balaban J connectivity index is 2.14. The average Bonchev–Trinajstić information content (AvgIpc) is 2.39. The molecule has 90 valence electrons. The van der Waals surface area contributed by atoms with Gasteiger partial charge in [-0.25, -0.2) is 4.79 Å². The molecule has 0 saturated heterocycles. The van der Waals surface area contributed by atoms with Crippen molar-refractivity contribution >= 4 is 17.6 Å². The fourth-order valence-electron chi connectivity index (χ4n) is 1.87. The zero-order valence-corrected chi connectivity index (χ0v) is 10.5. The van der Waals surface area contributed by atoms with E-state index < -0.39 is 0 Å². The predicted molar refractivity (Wildman–Crippen MR) is 68.1 cm³/mol. The van der Waals surface area contributed by atoms with Crippen molar-refractivity contribution in [1.29, 1.82) is 0 Å². The minimum Gasteiger partial charge on any atom is -0.454 e. The standard InChI is InChI=1S/C14H15ClO2/c1-2-10-3-5-11(6-4-10)13-8-7-12(9-15)14(16)17-13/h3-7,13H,2,8-9H2,1H3. The second-order valence-corrected chi connectivity index (χ2v) is 4.36. The molecule has 3 heteroatoms. The summed E-state index contributed by atoms with van der Waals surface area (Å²) < 4.78 is 5.36. The molecule has 1 heterocycles. The minimum absolute atomic E-state index is 0.166. The zero-order valence-electron chi connectivity index (χ0n) is 9.78. The number of alkyl halides is 1. The molecule has 0 spiro atoms. The lowest BCUT2D eigenvalue weighted by Crippen LogP contribution is -2.18. The molecule has 0 radical (unpaired) electrons. The average molecular weight is 251 g/mol. The third-order valence-electron chi connectivity index (χ3n) is 2.99. The van der Waals surface area contributed by atoms with Crippen LogP contribution in [0.2, 0.25) is 0 Å². The van der Waals surface area contributed by atoms with E-state index in [0.717, 1.165) is 12.0 Å². The molecule has 2 nitrogen and oxygen atoms in total. The number of carbonyl (C=O) groups is 1. The highest BCUT2D eigenvalue weighted by Crippen LogP contribution is 2.28. The van der Waals surface area contributed by atoms with Crippen LogP contribution in [0.3, 0.4) is 0 Å². The predicted octanol–water partition coefficient (Wildman–Crippen LogP) is 3.40. The lowest BCUT2D eigenvalue weighted by molar-refractivity contribution is -0.145. The van der Waals surface area contributed by atoms with Gasteiger partial charge in [0.25, 0.3) is 0 Å². The second kappa shape index (κ2) is 5.37. The number of hydrogen-bond acceptors (Lipinski definition) is 2. The number of halogens is 1. The van der Waals surface area contributed by atoms with Crippen molar-refractivity contribution in [3.63, 3.8) is 0 Å². The van der Waals surface area contributed by atoms with E-state index in [0.29, 0.717) is 12.0 Å². The highest BCUT2D eigenvalue weighted by atomic mass is 35.5. The highest BCUT2D eigenvalue weighted by Gasteiger charge is 2.23. The lowest BCUT2D eigenvalue weighted by atomic mass is 10.0.